The topological polar surface area (TPSA) is 205 Å². The number of fused-ring (bicyclic) bond motifs is 7. The SMILES string of the molecule is C=C(C)[C@@H]1CC[C@]2(C(=O)OCc3cn([C@H]4C[C@H](n5cc(C)c(=O)[nH]c5=O)O[C@@H]4CO)nn3)CC[C@]3(C)[C@H](CC[C@@H]4[C@@]5(C)CC[C@H](OC(=O)CCCC(=O)O)C(C)(C)[C@@H]5CC[C@]43C)[C@@H]12. The molecule has 0 amide bonds. The molecule has 0 unspecified atom stereocenters. The van der Waals surface area contributed by atoms with Gasteiger partial charge in [-0.15, -0.1) is 5.10 Å². The summed E-state index contributed by atoms with van der Waals surface area (Å²) in [4.78, 5) is 65.6. The number of ether oxygens (including phenoxy) is 3. The van der Waals surface area contributed by atoms with E-state index in [2.05, 4.69) is 63.4 Å². The van der Waals surface area contributed by atoms with Crippen LogP contribution in [-0.2, 0) is 35.2 Å². The first-order chi connectivity index (χ1) is 29.7. The van der Waals surface area contributed by atoms with Gasteiger partial charge in [-0.05, 0) is 130 Å². The molecule has 2 aromatic heterocycles. The van der Waals surface area contributed by atoms with Crippen LogP contribution in [0.15, 0.2) is 34.1 Å². The molecule has 6 fully saturated rings. The monoisotopic (exact) mass is 876 g/mol. The van der Waals surface area contributed by atoms with Crippen molar-refractivity contribution < 1.29 is 38.8 Å². The van der Waals surface area contributed by atoms with Crippen LogP contribution >= 0.6 is 0 Å². The molecule has 1 saturated heterocycles. The minimum Gasteiger partial charge on any atom is -0.481 e. The van der Waals surface area contributed by atoms with Crippen molar-refractivity contribution in [1.29, 1.82) is 0 Å². The number of rotatable bonds is 12. The van der Waals surface area contributed by atoms with Gasteiger partial charge in [-0.25, -0.2) is 9.48 Å². The number of nitrogens with zero attached hydrogens (tertiary/aromatic N) is 4. The van der Waals surface area contributed by atoms with Crippen LogP contribution in [0.1, 0.15) is 155 Å². The highest BCUT2D eigenvalue weighted by Gasteiger charge is 2.72. The molecule has 5 saturated carbocycles. The Morgan fingerprint density at radius 2 is 1.71 bits per heavy atom. The van der Waals surface area contributed by atoms with E-state index >= 15 is 0 Å². The van der Waals surface area contributed by atoms with Gasteiger partial charge >= 0.3 is 23.6 Å². The maximum absolute atomic E-state index is 14.8. The van der Waals surface area contributed by atoms with E-state index in [9.17, 15) is 29.1 Å². The van der Waals surface area contributed by atoms with Crippen LogP contribution in [0, 0.1) is 63.6 Å². The summed E-state index contributed by atoms with van der Waals surface area (Å²) in [7, 11) is 0. The van der Waals surface area contributed by atoms with Crippen LogP contribution in [0.5, 0.6) is 0 Å². The number of aliphatic hydroxyl groups is 1. The number of hydrogen-bond acceptors (Lipinski definition) is 11. The predicted octanol–water partition coefficient (Wildman–Crippen LogP) is 6.83. The van der Waals surface area contributed by atoms with Gasteiger partial charge < -0.3 is 24.4 Å². The van der Waals surface area contributed by atoms with E-state index < -0.39 is 41.0 Å². The number of carbonyl (C=O) groups is 3. The van der Waals surface area contributed by atoms with Crippen molar-refractivity contribution in [2.24, 2.45) is 56.7 Å². The molecule has 346 valence electrons. The summed E-state index contributed by atoms with van der Waals surface area (Å²) in [5.41, 5.74) is 0.187. The number of aromatic nitrogens is 5. The highest BCUT2D eigenvalue weighted by atomic mass is 16.5. The van der Waals surface area contributed by atoms with Crippen molar-refractivity contribution in [1.82, 2.24) is 24.5 Å². The Hall–Kier alpha value is -4.11. The third kappa shape index (κ3) is 7.35. The summed E-state index contributed by atoms with van der Waals surface area (Å²) in [5.74, 6) is 0.155. The lowest BCUT2D eigenvalue weighted by Crippen LogP contribution is -2.67. The summed E-state index contributed by atoms with van der Waals surface area (Å²) < 4.78 is 21.4. The third-order valence-corrected chi connectivity index (χ3v) is 18.5. The standard InChI is InChI=1S/C48H69N5O10/c1-27(2)30-14-19-48(42(59)61-26-29-24-53(51-50-29)32-22-37(62-33(32)25-54)52-23-28(3)41(58)49-43(52)60)21-20-46(7)31(40(30)48)12-13-35-45(6)17-16-36(63-39(57)11-9-10-38(55)56)44(4,5)34(45)15-18-47(35,46)8/h23-24,30-37,40,54H,1,9-22,25-26H2,2-8H3,(H,55,56)(H,49,58,60)/t30-,31+,32-,33+,34-,35+,36-,37+,40+,45-,46+,47+,48-/m0/s1. The fourth-order valence-electron chi connectivity index (χ4n) is 15.2. The molecule has 1 aliphatic heterocycles. The molecule has 0 bridgehead atoms. The summed E-state index contributed by atoms with van der Waals surface area (Å²) in [6.45, 7) is 20.0. The highest BCUT2D eigenvalue weighted by Crippen LogP contribution is 2.77. The normalized spacial score (nSPS) is 39.0. The lowest BCUT2D eigenvalue weighted by atomic mass is 9.32. The van der Waals surface area contributed by atoms with E-state index in [0.29, 0.717) is 35.4 Å². The smallest absolute Gasteiger partial charge is 0.330 e. The molecular weight excluding hydrogens is 807 g/mol. The second kappa shape index (κ2) is 16.4. The van der Waals surface area contributed by atoms with Crippen LogP contribution in [0.4, 0.5) is 0 Å². The largest absolute Gasteiger partial charge is 0.481 e. The van der Waals surface area contributed by atoms with Gasteiger partial charge in [0.15, 0.2) is 0 Å². The van der Waals surface area contributed by atoms with Crippen molar-refractivity contribution in [3.05, 3.63) is 56.6 Å². The first-order valence-corrected chi connectivity index (χ1v) is 23.4. The Kier molecular flexibility index (Phi) is 11.8. The molecule has 0 aromatic carbocycles. The van der Waals surface area contributed by atoms with E-state index in [1.54, 1.807) is 17.8 Å². The van der Waals surface area contributed by atoms with Crippen molar-refractivity contribution in [3.63, 3.8) is 0 Å². The fourth-order valence-corrected chi connectivity index (χ4v) is 15.2. The molecule has 15 heteroatoms. The second-order valence-electron chi connectivity index (χ2n) is 21.8. The van der Waals surface area contributed by atoms with Crippen molar-refractivity contribution in [2.45, 2.75) is 169 Å². The van der Waals surface area contributed by atoms with Gasteiger partial charge in [0.05, 0.1) is 24.3 Å². The molecule has 0 spiro atoms. The molecule has 8 rings (SSSR count). The summed E-state index contributed by atoms with van der Waals surface area (Å²) in [5, 5.41) is 28.0. The van der Waals surface area contributed by atoms with E-state index in [1.165, 1.54) is 10.8 Å². The quantitative estimate of drug-likeness (QED) is 0.148. The Morgan fingerprint density at radius 3 is 2.43 bits per heavy atom. The number of H-pyrrole nitrogens is 1. The van der Waals surface area contributed by atoms with Gasteiger partial charge in [0, 0.05) is 36.4 Å². The maximum Gasteiger partial charge on any atom is 0.330 e. The molecule has 63 heavy (non-hydrogen) atoms. The van der Waals surface area contributed by atoms with E-state index in [0.717, 1.165) is 69.8 Å². The molecule has 3 heterocycles. The molecule has 15 nitrogen and oxygen atoms in total. The van der Waals surface area contributed by atoms with Gasteiger partial charge in [0.1, 0.15) is 30.7 Å². The first kappa shape index (κ1) is 45.5. The lowest BCUT2D eigenvalue weighted by Gasteiger charge is -2.72. The number of aromatic amines is 1. The number of aryl methyl sites for hydroxylation is 1. The molecule has 3 N–H and O–H groups in total. The minimum atomic E-state index is -0.901. The zero-order valence-corrected chi connectivity index (χ0v) is 38.3. The number of carboxylic acid groups (broad SMARTS) is 1. The molecule has 2 aromatic rings. The number of allylic oxidation sites excluding steroid dienone is 1. The van der Waals surface area contributed by atoms with Gasteiger partial charge in [-0.1, -0.05) is 52.0 Å². The van der Waals surface area contributed by atoms with E-state index in [4.69, 9.17) is 19.3 Å². The average molecular weight is 876 g/mol. The second-order valence-corrected chi connectivity index (χ2v) is 21.8. The van der Waals surface area contributed by atoms with Crippen LogP contribution < -0.4 is 11.2 Å². The molecule has 5 aliphatic carbocycles. The van der Waals surface area contributed by atoms with Crippen LogP contribution in [0.3, 0.4) is 0 Å². The molecule has 13 atom stereocenters. The first-order valence-electron chi connectivity index (χ1n) is 23.4. The van der Waals surface area contributed by atoms with Crippen molar-refractivity contribution in [2.75, 3.05) is 6.61 Å². The van der Waals surface area contributed by atoms with Crippen LogP contribution in [-0.4, -0.2) is 71.5 Å². The fraction of sp³-hybridized carbons (Fsp3) is 0.771. The van der Waals surface area contributed by atoms with E-state index in [1.807, 2.05) is 0 Å². The van der Waals surface area contributed by atoms with Crippen molar-refractivity contribution in [3.8, 4) is 0 Å². The minimum absolute atomic E-state index is 0.0000253. The Bertz CT molecular complexity index is 2250. The summed E-state index contributed by atoms with van der Waals surface area (Å²) >= 11 is 0. The molecule has 6 aliphatic rings. The summed E-state index contributed by atoms with van der Waals surface area (Å²) in [6, 6.07) is -0.449. The number of aliphatic carboxylic acids is 1. The zero-order valence-electron chi connectivity index (χ0n) is 38.3. The highest BCUT2D eigenvalue weighted by molar-refractivity contribution is 5.78. The van der Waals surface area contributed by atoms with Gasteiger partial charge in [-0.3, -0.25) is 28.7 Å². The average Bonchev–Trinajstić information content (AvgIpc) is 3.97. The number of nitrogens with one attached hydrogen (secondary N) is 1. The Labute approximate surface area is 369 Å². The van der Waals surface area contributed by atoms with Gasteiger partial charge in [0.2, 0.25) is 0 Å². The zero-order chi connectivity index (χ0) is 45.4. The lowest BCUT2D eigenvalue weighted by molar-refractivity contribution is -0.251. The molecular formula is C48H69N5O10. The Balaban J connectivity index is 0.974. The van der Waals surface area contributed by atoms with Crippen LogP contribution in [0.2, 0.25) is 0 Å². The summed E-state index contributed by atoms with van der Waals surface area (Å²) in [6.07, 6.45) is 11.7. The van der Waals surface area contributed by atoms with E-state index in [-0.39, 0.29) is 84.0 Å². The van der Waals surface area contributed by atoms with Crippen LogP contribution in [0.25, 0.3) is 0 Å². The van der Waals surface area contributed by atoms with Crippen molar-refractivity contribution >= 4 is 17.9 Å². The number of hydrogen-bond donors (Lipinski definition) is 3. The molecule has 0 radical (unpaired) electrons. The van der Waals surface area contributed by atoms with Gasteiger partial charge in [0.25, 0.3) is 5.56 Å². The number of carboxylic acids is 1. The van der Waals surface area contributed by atoms with Gasteiger partial charge in [-0.2, -0.15) is 0 Å². The number of carbonyl (C=O) groups excluding carboxylic acids is 2. The number of aliphatic hydroxyl groups excluding tert-OH is 1. The number of esters is 2. The predicted molar refractivity (Wildman–Crippen MR) is 231 cm³/mol. The maximum atomic E-state index is 14.8. The third-order valence-electron chi connectivity index (χ3n) is 18.5. The Morgan fingerprint density at radius 1 is 0.952 bits per heavy atom.